The molecule has 201 valence electrons. The second kappa shape index (κ2) is 13.2. The number of piperazine rings is 1. The van der Waals surface area contributed by atoms with Gasteiger partial charge in [0.25, 0.3) is 0 Å². The molecular weight excluding hydrogens is 485 g/mol. The van der Waals surface area contributed by atoms with E-state index in [9.17, 15) is 4.79 Å². The van der Waals surface area contributed by atoms with Crippen LogP contribution in [0.4, 0.5) is 5.95 Å². The van der Waals surface area contributed by atoms with Crippen LogP contribution in [0.25, 0.3) is 5.32 Å². The standard InChI is InChI=1S/C18H30N5.C11H18O.V/c1-4-16-12-19-13-17(5-2)23(16)18-20-10-15(11-21-18)14-6-8-22(3)9-7-14;1-8(2)10(12)9-6-11(7-9)4-3-5-11;/h10-11,14,16-17H,4-9,12-13H2,1-3H3;8-9H,3-7H2,1-2H3;/q-1;;. The molecule has 4 fully saturated rings. The Labute approximate surface area is 231 Å². The zero-order valence-electron chi connectivity index (χ0n) is 23.3. The van der Waals surface area contributed by atoms with Gasteiger partial charge < -0.3 is 15.1 Å². The van der Waals surface area contributed by atoms with E-state index < -0.39 is 0 Å². The van der Waals surface area contributed by atoms with Crippen LogP contribution in [0.15, 0.2) is 12.4 Å². The molecule has 0 aromatic carbocycles. The van der Waals surface area contributed by atoms with E-state index in [4.69, 9.17) is 9.97 Å². The number of carbonyl (C=O) groups excluding carboxylic acids is 1. The molecule has 2 unspecified atom stereocenters. The quantitative estimate of drug-likeness (QED) is 0.461. The molecule has 5 rings (SSSR count). The first-order valence-corrected chi connectivity index (χ1v) is 14.3. The third-order valence-corrected chi connectivity index (χ3v) is 9.23. The van der Waals surface area contributed by atoms with Crippen LogP contribution in [0.3, 0.4) is 0 Å². The largest absolute Gasteiger partial charge is 0.659 e. The van der Waals surface area contributed by atoms with Crippen molar-refractivity contribution in [2.45, 2.75) is 103 Å². The second-order valence-electron chi connectivity index (χ2n) is 12.0. The van der Waals surface area contributed by atoms with Crippen LogP contribution in [0, 0.1) is 17.3 Å². The summed E-state index contributed by atoms with van der Waals surface area (Å²) < 4.78 is 0. The van der Waals surface area contributed by atoms with E-state index in [-0.39, 0.29) is 24.5 Å². The zero-order valence-corrected chi connectivity index (χ0v) is 24.7. The van der Waals surface area contributed by atoms with Gasteiger partial charge in [0, 0.05) is 54.9 Å². The van der Waals surface area contributed by atoms with E-state index in [0.717, 1.165) is 31.9 Å². The summed E-state index contributed by atoms with van der Waals surface area (Å²) in [6.07, 6.45) is 15.4. The van der Waals surface area contributed by atoms with Gasteiger partial charge >= 0.3 is 0 Å². The number of hydrogen-bond donors (Lipinski definition) is 0. The molecule has 36 heavy (non-hydrogen) atoms. The van der Waals surface area contributed by atoms with E-state index >= 15 is 0 Å². The van der Waals surface area contributed by atoms with Gasteiger partial charge in [-0.15, -0.1) is 13.1 Å². The third-order valence-electron chi connectivity index (χ3n) is 9.23. The second-order valence-corrected chi connectivity index (χ2v) is 12.0. The maximum absolute atomic E-state index is 11.6. The van der Waals surface area contributed by atoms with Gasteiger partial charge in [0.2, 0.25) is 5.95 Å². The van der Waals surface area contributed by atoms with Crippen LogP contribution in [0.5, 0.6) is 0 Å². The minimum atomic E-state index is 0. The van der Waals surface area contributed by atoms with Crippen molar-refractivity contribution in [3.05, 3.63) is 23.3 Å². The number of rotatable bonds is 6. The Hall–Kier alpha value is -0.946. The van der Waals surface area contributed by atoms with Crippen LogP contribution in [0.1, 0.15) is 97.0 Å². The van der Waals surface area contributed by atoms with Crippen LogP contribution < -0.4 is 4.90 Å². The van der Waals surface area contributed by atoms with Crippen molar-refractivity contribution in [1.82, 2.24) is 14.9 Å². The molecule has 4 aliphatic rings. The first-order chi connectivity index (χ1) is 16.9. The summed E-state index contributed by atoms with van der Waals surface area (Å²) >= 11 is 0. The van der Waals surface area contributed by atoms with Crippen LogP contribution in [-0.2, 0) is 23.4 Å². The molecule has 0 amide bonds. The number of ketones is 1. The Kier molecular flexibility index (Phi) is 10.9. The fraction of sp³-hybridized carbons (Fsp3) is 0.828. The molecule has 2 atom stereocenters. The summed E-state index contributed by atoms with van der Waals surface area (Å²) in [6, 6.07) is 0.894. The van der Waals surface area contributed by atoms with Gasteiger partial charge in [0.05, 0.1) is 0 Å². The SMILES string of the molecule is CC(C)C(=O)C1CC2(CCC2)C1.CCC1C[N-]CC(CC)N1c1ncc(C2CCN(C)CC2)cn1.[V]. The number of hydrogen-bond acceptors (Lipinski definition) is 5. The monoisotopic (exact) mass is 533 g/mol. The smallest absolute Gasteiger partial charge is 0.225 e. The molecule has 2 saturated carbocycles. The summed E-state index contributed by atoms with van der Waals surface area (Å²) in [5, 5.41) is 4.65. The fourth-order valence-electron chi connectivity index (χ4n) is 6.59. The van der Waals surface area contributed by atoms with Crippen molar-refractivity contribution < 1.29 is 23.4 Å². The van der Waals surface area contributed by atoms with Crippen molar-refractivity contribution in [3.8, 4) is 0 Å². The number of likely N-dealkylation sites (tertiary alicyclic amines) is 1. The molecule has 1 radical (unpaired) electrons. The molecule has 7 heteroatoms. The van der Waals surface area contributed by atoms with Crippen LogP contribution >= 0.6 is 0 Å². The van der Waals surface area contributed by atoms with Crippen LogP contribution in [0.2, 0.25) is 0 Å². The summed E-state index contributed by atoms with van der Waals surface area (Å²) in [6.45, 7) is 12.7. The topological polar surface area (TPSA) is 63.4 Å². The van der Waals surface area contributed by atoms with Crippen molar-refractivity contribution >= 4 is 11.7 Å². The van der Waals surface area contributed by atoms with Gasteiger partial charge in [0.15, 0.2) is 0 Å². The number of Topliss-reactive ketones (excluding diaryl/α,β-unsaturated/α-hetero) is 1. The average Bonchev–Trinajstić information content (AvgIpc) is 2.82. The predicted molar refractivity (Wildman–Crippen MR) is 144 cm³/mol. The summed E-state index contributed by atoms with van der Waals surface area (Å²) in [7, 11) is 2.20. The van der Waals surface area contributed by atoms with Crippen molar-refractivity contribution in [2.75, 3.05) is 38.1 Å². The Bertz CT molecular complexity index is 799. The predicted octanol–water partition coefficient (Wildman–Crippen LogP) is 5.83. The van der Waals surface area contributed by atoms with Gasteiger partial charge in [-0.2, -0.15) is 0 Å². The molecule has 1 spiro atoms. The maximum Gasteiger partial charge on any atom is 0.225 e. The van der Waals surface area contributed by atoms with Gasteiger partial charge in [0.1, 0.15) is 5.78 Å². The van der Waals surface area contributed by atoms with E-state index in [0.29, 0.717) is 35.1 Å². The van der Waals surface area contributed by atoms with E-state index in [1.807, 2.05) is 13.8 Å². The average molecular weight is 534 g/mol. The number of piperidine rings is 1. The molecule has 0 N–H and O–H groups in total. The van der Waals surface area contributed by atoms with Crippen molar-refractivity contribution in [1.29, 1.82) is 0 Å². The molecule has 2 aliphatic carbocycles. The molecule has 3 heterocycles. The summed E-state index contributed by atoms with van der Waals surface area (Å²) in [5.74, 6) is 2.72. The molecule has 0 bridgehead atoms. The Balaban J connectivity index is 0.000000234. The Morgan fingerprint density at radius 2 is 1.61 bits per heavy atom. The van der Waals surface area contributed by atoms with Gasteiger partial charge in [-0.05, 0) is 88.4 Å². The number of carbonyl (C=O) groups is 1. The Morgan fingerprint density at radius 1 is 1.06 bits per heavy atom. The first-order valence-electron chi connectivity index (χ1n) is 14.3. The van der Waals surface area contributed by atoms with Crippen molar-refractivity contribution in [3.63, 3.8) is 0 Å². The molecular formula is C29H48N5OV-. The molecule has 1 aromatic heterocycles. The summed E-state index contributed by atoms with van der Waals surface area (Å²) in [4.78, 5) is 25.9. The van der Waals surface area contributed by atoms with E-state index in [1.54, 1.807) is 0 Å². The molecule has 2 saturated heterocycles. The van der Waals surface area contributed by atoms with E-state index in [1.165, 1.54) is 63.6 Å². The first kappa shape index (κ1) is 29.6. The minimum Gasteiger partial charge on any atom is -0.659 e. The Morgan fingerprint density at radius 3 is 2.06 bits per heavy atom. The molecule has 2 aliphatic heterocycles. The van der Waals surface area contributed by atoms with Crippen LogP contribution in [-0.4, -0.2) is 66.0 Å². The van der Waals surface area contributed by atoms with Gasteiger partial charge in [-0.25, -0.2) is 9.97 Å². The zero-order chi connectivity index (χ0) is 25.0. The molecule has 6 nitrogen and oxygen atoms in total. The fourth-order valence-corrected chi connectivity index (χ4v) is 6.59. The summed E-state index contributed by atoms with van der Waals surface area (Å²) in [5.41, 5.74) is 1.97. The number of anilines is 1. The van der Waals surface area contributed by atoms with Gasteiger partial charge in [-0.3, -0.25) is 4.79 Å². The van der Waals surface area contributed by atoms with Crippen molar-refractivity contribution in [2.24, 2.45) is 17.3 Å². The van der Waals surface area contributed by atoms with Gasteiger partial charge in [-0.1, -0.05) is 34.1 Å². The molecule has 1 aromatic rings. The van der Waals surface area contributed by atoms with E-state index in [2.05, 4.69) is 48.4 Å². The normalized spacial score (nSPS) is 26.4. The number of nitrogens with zero attached hydrogens (tertiary/aromatic N) is 5. The third kappa shape index (κ3) is 6.73. The number of aromatic nitrogens is 2. The maximum atomic E-state index is 11.6. The minimum absolute atomic E-state index is 0.